The van der Waals surface area contributed by atoms with Crippen molar-refractivity contribution < 1.29 is 14.3 Å². The van der Waals surface area contributed by atoms with Crippen molar-refractivity contribution in [3.8, 4) is 5.75 Å². The van der Waals surface area contributed by atoms with Crippen molar-refractivity contribution in [2.24, 2.45) is 0 Å². The molecule has 1 aromatic rings. The van der Waals surface area contributed by atoms with Gasteiger partial charge in [0.2, 0.25) is 0 Å². The fraction of sp³-hybridized carbons (Fsp3) is 0.611. The van der Waals surface area contributed by atoms with E-state index in [1.807, 2.05) is 6.92 Å². The van der Waals surface area contributed by atoms with Gasteiger partial charge < -0.3 is 9.47 Å². The smallest absolute Gasteiger partial charge is 0.306 e. The molecule has 0 aliphatic rings. The van der Waals surface area contributed by atoms with Crippen LogP contribution in [0.2, 0.25) is 10.0 Å². The van der Waals surface area contributed by atoms with Crippen LogP contribution >= 0.6 is 23.2 Å². The Bertz CT molecular complexity index is 477. The van der Waals surface area contributed by atoms with Gasteiger partial charge in [-0.1, -0.05) is 49.4 Å². The molecule has 0 N–H and O–H groups in total. The lowest BCUT2D eigenvalue weighted by Crippen LogP contribution is -2.15. The number of halogens is 2. The van der Waals surface area contributed by atoms with E-state index in [9.17, 15) is 4.79 Å². The van der Waals surface area contributed by atoms with Gasteiger partial charge in [0.15, 0.2) is 0 Å². The maximum absolute atomic E-state index is 11.7. The van der Waals surface area contributed by atoms with E-state index < -0.39 is 0 Å². The minimum atomic E-state index is -0.168. The molecule has 0 saturated heterocycles. The van der Waals surface area contributed by atoms with Crippen molar-refractivity contribution in [1.29, 1.82) is 0 Å². The predicted octanol–water partition coefficient (Wildman–Crippen LogP) is 6.05. The van der Waals surface area contributed by atoms with E-state index in [0.29, 0.717) is 35.2 Å². The summed E-state index contributed by atoms with van der Waals surface area (Å²) in [5.74, 6) is 0.410. The van der Waals surface area contributed by atoms with Crippen molar-refractivity contribution in [2.75, 3.05) is 6.61 Å². The quantitative estimate of drug-likeness (QED) is 0.355. The molecule has 1 atom stereocenters. The molecule has 0 aliphatic carbocycles. The molecule has 130 valence electrons. The van der Waals surface area contributed by atoms with Gasteiger partial charge >= 0.3 is 5.97 Å². The first kappa shape index (κ1) is 20.1. The molecule has 1 rings (SSSR count). The Hall–Kier alpha value is -0.930. The Morgan fingerprint density at radius 2 is 1.96 bits per heavy atom. The van der Waals surface area contributed by atoms with Crippen LogP contribution in [0.1, 0.15) is 58.8 Å². The number of carbonyl (C=O) groups excluding carboxylic acids is 1. The van der Waals surface area contributed by atoms with Crippen LogP contribution < -0.4 is 4.74 Å². The van der Waals surface area contributed by atoms with Crippen LogP contribution in [-0.4, -0.2) is 18.7 Å². The van der Waals surface area contributed by atoms with Crippen LogP contribution in [0, 0.1) is 0 Å². The number of carbonyl (C=O) groups is 1. The van der Waals surface area contributed by atoms with E-state index in [4.69, 9.17) is 32.7 Å². The molecule has 0 heterocycles. The van der Waals surface area contributed by atoms with Crippen LogP contribution in [0.15, 0.2) is 18.2 Å². The molecule has 0 fully saturated rings. The van der Waals surface area contributed by atoms with Crippen LogP contribution in [0.5, 0.6) is 5.75 Å². The molecule has 3 nitrogen and oxygen atoms in total. The summed E-state index contributed by atoms with van der Waals surface area (Å²) in [5, 5.41) is 1.04. The standard InChI is InChI=1S/C18H26Cl2O3/c1-3-4-5-6-8-14(2)23-18(21)9-7-12-22-17-11-10-15(19)13-16(17)20/h10-11,13-14H,3-9,12H2,1-2H3. The Morgan fingerprint density at radius 3 is 2.65 bits per heavy atom. The third kappa shape index (κ3) is 9.07. The number of hydrogen-bond donors (Lipinski definition) is 0. The Morgan fingerprint density at radius 1 is 1.17 bits per heavy atom. The minimum absolute atomic E-state index is 0.00835. The Labute approximate surface area is 149 Å². The molecule has 0 aromatic heterocycles. The zero-order valence-electron chi connectivity index (χ0n) is 13.9. The summed E-state index contributed by atoms with van der Waals surface area (Å²) in [7, 11) is 0. The van der Waals surface area contributed by atoms with Gasteiger partial charge in [-0.25, -0.2) is 0 Å². The van der Waals surface area contributed by atoms with E-state index in [2.05, 4.69) is 6.92 Å². The summed E-state index contributed by atoms with van der Waals surface area (Å²) in [6, 6.07) is 5.07. The highest BCUT2D eigenvalue weighted by atomic mass is 35.5. The molecule has 23 heavy (non-hydrogen) atoms. The van der Waals surface area contributed by atoms with Crippen LogP contribution in [0.3, 0.4) is 0 Å². The van der Waals surface area contributed by atoms with Gasteiger partial charge in [-0.05, 0) is 44.4 Å². The molecular weight excluding hydrogens is 335 g/mol. The first-order valence-electron chi connectivity index (χ1n) is 8.30. The molecule has 0 radical (unpaired) electrons. The number of esters is 1. The van der Waals surface area contributed by atoms with Crippen molar-refractivity contribution in [1.82, 2.24) is 0 Å². The van der Waals surface area contributed by atoms with Gasteiger partial charge in [-0.15, -0.1) is 0 Å². The molecule has 0 saturated carbocycles. The number of unbranched alkanes of at least 4 members (excludes halogenated alkanes) is 3. The molecule has 1 unspecified atom stereocenters. The molecule has 0 amide bonds. The van der Waals surface area contributed by atoms with Gasteiger partial charge in [0.25, 0.3) is 0 Å². The number of hydrogen-bond acceptors (Lipinski definition) is 3. The second-order valence-electron chi connectivity index (χ2n) is 5.68. The highest BCUT2D eigenvalue weighted by molar-refractivity contribution is 6.35. The fourth-order valence-corrected chi connectivity index (χ4v) is 2.65. The second-order valence-corrected chi connectivity index (χ2v) is 6.52. The second kappa shape index (κ2) is 11.6. The van der Waals surface area contributed by atoms with E-state index >= 15 is 0 Å². The van der Waals surface area contributed by atoms with Crippen LogP contribution in [0.25, 0.3) is 0 Å². The highest BCUT2D eigenvalue weighted by Crippen LogP contribution is 2.27. The topological polar surface area (TPSA) is 35.5 Å². The Kier molecular flexibility index (Phi) is 10.1. The molecule has 1 aromatic carbocycles. The minimum Gasteiger partial charge on any atom is -0.492 e. The molecule has 5 heteroatoms. The molecular formula is C18H26Cl2O3. The van der Waals surface area contributed by atoms with Gasteiger partial charge in [0, 0.05) is 11.4 Å². The summed E-state index contributed by atoms with van der Waals surface area (Å²) in [6.07, 6.45) is 6.64. The number of ether oxygens (including phenoxy) is 2. The predicted molar refractivity (Wildman–Crippen MR) is 95.5 cm³/mol. The maximum Gasteiger partial charge on any atom is 0.306 e. The summed E-state index contributed by atoms with van der Waals surface area (Å²) < 4.78 is 10.9. The number of rotatable bonds is 11. The zero-order chi connectivity index (χ0) is 17.1. The molecule has 0 spiro atoms. The van der Waals surface area contributed by atoms with E-state index in [1.165, 1.54) is 19.3 Å². The maximum atomic E-state index is 11.7. The zero-order valence-corrected chi connectivity index (χ0v) is 15.5. The van der Waals surface area contributed by atoms with Crippen LogP contribution in [0.4, 0.5) is 0 Å². The van der Waals surface area contributed by atoms with Crippen molar-refractivity contribution >= 4 is 29.2 Å². The van der Waals surface area contributed by atoms with Gasteiger partial charge in [0.05, 0.1) is 17.7 Å². The van der Waals surface area contributed by atoms with Crippen molar-refractivity contribution in [2.45, 2.75) is 64.9 Å². The summed E-state index contributed by atoms with van der Waals surface area (Å²) in [6.45, 7) is 4.55. The summed E-state index contributed by atoms with van der Waals surface area (Å²) in [5.41, 5.74) is 0. The van der Waals surface area contributed by atoms with Gasteiger partial charge in [-0.3, -0.25) is 4.79 Å². The normalized spacial score (nSPS) is 12.0. The largest absolute Gasteiger partial charge is 0.492 e. The Balaban J connectivity index is 2.13. The van der Waals surface area contributed by atoms with E-state index in [1.54, 1.807) is 18.2 Å². The first-order valence-corrected chi connectivity index (χ1v) is 9.05. The SMILES string of the molecule is CCCCCCC(C)OC(=O)CCCOc1ccc(Cl)cc1Cl. The van der Waals surface area contributed by atoms with Crippen molar-refractivity contribution in [3.05, 3.63) is 28.2 Å². The monoisotopic (exact) mass is 360 g/mol. The van der Waals surface area contributed by atoms with Gasteiger partial charge in [-0.2, -0.15) is 0 Å². The lowest BCUT2D eigenvalue weighted by molar-refractivity contribution is -0.148. The lowest BCUT2D eigenvalue weighted by atomic mass is 10.1. The molecule has 0 aliphatic heterocycles. The van der Waals surface area contributed by atoms with Crippen molar-refractivity contribution in [3.63, 3.8) is 0 Å². The number of benzene rings is 1. The molecule has 0 bridgehead atoms. The van der Waals surface area contributed by atoms with Crippen LogP contribution in [-0.2, 0) is 9.53 Å². The van der Waals surface area contributed by atoms with E-state index in [-0.39, 0.29) is 12.1 Å². The average molecular weight is 361 g/mol. The van der Waals surface area contributed by atoms with Gasteiger partial charge in [0.1, 0.15) is 5.75 Å². The average Bonchev–Trinajstić information content (AvgIpc) is 2.50. The third-order valence-corrected chi connectivity index (χ3v) is 4.00. The summed E-state index contributed by atoms with van der Waals surface area (Å²) >= 11 is 11.8. The van der Waals surface area contributed by atoms with E-state index in [0.717, 1.165) is 12.8 Å². The fourth-order valence-electron chi connectivity index (χ4n) is 2.19. The summed E-state index contributed by atoms with van der Waals surface area (Å²) in [4.78, 5) is 11.7. The lowest BCUT2D eigenvalue weighted by Gasteiger charge is -2.13. The first-order chi connectivity index (χ1) is 11.0. The highest BCUT2D eigenvalue weighted by Gasteiger charge is 2.09. The third-order valence-electron chi connectivity index (χ3n) is 3.47.